The van der Waals surface area contributed by atoms with Crippen LogP contribution in [0, 0.1) is 5.92 Å². The van der Waals surface area contributed by atoms with Gasteiger partial charge in [-0.2, -0.15) is 0 Å². The van der Waals surface area contributed by atoms with Gasteiger partial charge in [0.1, 0.15) is 5.82 Å². The smallest absolute Gasteiger partial charge is 0.293 e. The van der Waals surface area contributed by atoms with Crippen LogP contribution in [0.25, 0.3) is 0 Å². The molecule has 1 aliphatic rings. The lowest BCUT2D eigenvalue weighted by molar-refractivity contribution is -0.121. The van der Waals surface area contributed by atoms with Crippen LogP contribution in [0.2, 0.25) is 0 Å². The lowest BCUT2D eigenvalue weighted by atomic mass is 10.1. The predicted molar refractivity (Wildman–Crippen MR) is 63.7 cm³/mol. The van der Waals surface area contributed by atoms with Crippen molar-refractivity contribution < 1.29 is 9.59 Å². The Morgan fingerprint density at radius 1 is 1.50 bits per heavy atom. The highest BCUT2D eigenvalue weighted by Crippen LogP contribution is 2.17. The van der Waals surface area contributed by atoms with Gasteiger partial charge in [0.25, 0.3) is 5.91 Å². The average Bonchev–Trinajstić information content (AvgIpc) is 2.97. The standard InChI is InChI=1S/C11H17N5O2/c1-6(2)9-13-10(15-14-9)11(18)16-4-3-7(5-16)8(12)17/h6-7H,3-5H2,1-2H3,(H2,12,17)(H,13,14,15). The van der Waals surface area contributed by atoms with Crippen molar-refractivity contribution >= 4 is 11.8 Å². The van der Waals surface area contributed by atoms with Crippen LogP contribution in [0.3, 0.4) is 0 Å². The van der Waals surface area contributed by atoms with E-state index in [-0.39, 0.29) is 29.5 Å². The van der Waals surface area contributed by atoms with Crippen LogP contribution in [0.15, 0.2) is 0 Å². The van der Waals surface area contributed by atoms with Crippen LogP contribution in [0.5, 0.6) is 0 Å². The molecule has 0 aromatic carbocycles. The van der Waals surface area contributed by atoms with E-state index in [1.807, 2.05) is 13.8 Å². The summed E-state index contributed by atoms with van der Waals surface area (Å²) in [5, 5.41) is 6.65. The minimum absolute atomic E-state index is 0.156. The Morgan fingerprint density at radius 3 is 2.72 bits per heavy atom. The van der Waals surface area contributed by atoms with Gasteiger partial charge in [0.05, 0.1) is 5.92 Å². The second-order valence-corrected chi connectivity index (χ2v) is 4.84. The fraction of sp³-hybridized carbons (Fsp3) is 0.636. The highest BCUT2D eigenvalue weighted by atomic mass is 16.2. The molecular formula is C11H17N5O2. The zero-order valence-corrected chi connectivity index (χ0v) is 10.5. The van der Waals surface area contributed by atoms with E-state index in [0.29, 0.717) is 25.3 Å². The topological polar surface area (TPSA) is 105 Å². The first kappa shape index (κ1) is 12.5. The highest BCUT2D eigenvalue weighted by molar-refractivity contribution is 5.91. The molecule has 0 aliphatic carbocycles. The third-order valence-corrected chi connectivity index (χ3v) is 3.12. The summed E-state index contributed by atoms with van der Waals surface area (Å²) in [6, 6.07) is 0. The van der Waals surface area contributed by atoms with Gasteiger partial charge in [0, 0.05) is 19.0 Å². The van der Waals surface area contributed by atoms with Gasteiger partial charge in [0.2, 0.25) is 11.7 Å². The third kappa shape index (κ3) is 2.34. The Labute approximate surface area is 105 Å². The van der Waals surface area contributed by atoms with Crippen molar-refractivity contribution in [2.75, 3.05) is 13.1 Å². The number of nitrogens with zero attached hydrogens (tertiary/aromatic N) is 3. The van der Waals surface area contributed by atoms with Crippen LogP contribution < -0.4 is 5.73 Å². The summed E-state index contributed by atoms with van der Waals surface area (Å²) >= 11 is 0. The SMILES string of the molecule is CC(C)c1nc(C(=O)N2CCC(C(N)=O)C2)n[nH]1. The molecule has 1 atom stereocenters. The molecule has 0 saturated carbocycles. The van der Waals surface area contributed by atoms with Crippen molar-refractivity contribution in [2.45, 2.75) is 26.2 Å². The summed E-state index contributed by atoms with van der Waals surface area (Å²) in [6.45, 7) is 4.82. The van der Waals surface area contributed by atoms with Gasteiger partial charge in [-0.15, -0.1) is 5.10 Å². The summed E-state index contributed by atoms with van der Waals surface area (Å²) in [5.74, 6) is 0.173. The number of aromatic amines is 1. The minimum atomic E-state index is -0.358. The number of aromatic nitrogens is 3. The Bertz CT molecular complexity index is 468. The number of amides is 2. The Balaban J connectivity index is 2.05. The fourth-order valence-corrected chi connectivity index (χ4v) is 1.95. The quantitative estimate of drug-likeness (QED) is 0.780. The van der Waals surface area contributed by atoms with E-state index >= 15 is 0 Å². The Morgan fingerprint density at radius 2 is 2.22 bits per heavy atom. The number of nitrogens with two attached hydrogens (primary N) is 1. The Kier molecular flexibility index (Phi) is 3.31. The monoisotopic (exact) mass is 251 g/mol. The third-order valence-electron chi connectivity index (χ3n) is 3.12. The van der Waals surface area contributed by atoms with E-state index in [1.165, 1.54) is 0 Å². The molecule has 1 saturated heterocycles. The summed E-state index contributed by atoms with van der Waals surface area (Å²) in [5.41, 5.74) is 5.23. The van der Waals surface area contributed by atoms with Crippen LogP contribution in [-0.2, 0) is 4.79 Å². The lowest BCUT2D eigenvalue weighted by Gasteiger charge is -2.13. The minimum Gasteiger partial charge on any atom is -0.369 e. The molecule has 1 aromatic rings. The maximum atomic E-state index is 12.1. The number of H-pyrrole nitrogens is 1. The molecule has 1 unspecified atom stereocenters. The molecule has 1 aromatic heterocycles. The Hall–Kier alpha value is -1.92. The first-order valence-electron chi connectivity index (χ1n) is 6.00. The molecule has 7 nitrogen and oxygen atoms in total. The van der Waals surface area contributed by atoms with Crippen molar-refractivity contribution in [3.05, 3.63) is 11.6 Å². The lowest BCUT2D eigenvalue weighted by Crippen LogP contribution is -2.32. The number of hydrogen-bond acceptors (Lipinski definition) is 4. The maximum absolute atomic E-state index is 12.1. The maximum Gasteiger partial charge on any atom is 0.293 e. The number of rotatable bonds is 3. The van der Waals surface area contributed by atoms with E-state index in [9.17, 15) is 9.59 Å². The van der Waals surface area contributed by atoms with Crippen LogP contribution in [0.1, 0.15) is 42.6 Å². The normalized spacial score (nSPS) is 19.5. The van der Waals surface area contributed by atoms with E-state index in [4.69, 9.17) is 5.73 Å². The molecule has 0 spiro atoms. The molecule has 1 fully saturated rings. The van der Waals surface area contributed by atoms with Crippen LogP contribution >= 0.6 is 0 Å². The molecule has 2 heterocycles. The van der Waals surface area contributed by atoms with Crippen molar-refractivity contribution in [3.63, 3.8) is 0 Å². The second-order valence-electron chi connectivity index (χ2n) is 4.84. The largest absolute Gasteiger partial charge is 0.369 e. The van der Waals surface area contributed by atoms with Gasteiger partial charge in [-0.25, -0.2) is 4.98 Å². The molecule has 2 rings (SSSR count). The number of carbonyl (C=O) groups excluding carboxylic acids is 2. The van der Waals surface area contributed by atoms with Crippen molar-refractivity contribution in [3.8, 4) is 0 Å². The van der Waals surface area contributed by atoms with Crippen molar-refractivity contribution in [1.82, 2.24) is 20.1 Å². The van der Waals surface area contributed by atoms with E-state index in [2.05, 4.69) is 15.2 Å². The summed E-state index contributed by atoms with van der Waals surface area (Å²) in [7, 11) is 0. The molecule has 98 valence electrons. The predicted octanol–water partition coefficient (Wildman–Crippen LogP) is -0.124. The second kappa shape index (κ2) is 4.75. The zero-order valence-electron chi connectivity index (χ0n) is 10.5. The number of likely N-dealkylation sites (tertiary alicyclic amines) is 1. The molecule has 18 heavy (non-hydrogen) atoms. The molecular weight excluding hydrogens is 234 g/mol. The first-order chi connectivity index (χ1) is 8.49. The van der Waals surface area contributed by atoms with E-state index < -0.39 is 0 Å². The summed E-state index contributed by atoms with van der Waals surface area (Å²) in [4.78, 5) is 28.8. The van der Waals surface area contributed by atoms with E-state index in [0.717, 1.165) is 0 Å². The van der Waals surface area contributed by atoms with Gasteiger partial charge in [-0.05, 0) is 6.42 Å². The number of primary amides is 1. The molecule has 0 bridgehead atoms. The highest BCUT2D eigenvalue weighted by Gasteiger charge is 2.31. The molecule has 1 aliphatic heterocycles. The number of nitrogens with one attached hydrogen (secondary N) is 1. The van der Waals surface area contributed by atoms with Gasteiger partial charge < -0.3 is 10.6 Å². The van der Waals surface area contributed by atoms with Gasteiger partial charge in [-0.3, -0.25) is 14.7 Å². The van der Waals surface area contributed by atoms with Crippen molar-refractivity contribution in [1.29, 1.82) is 0 Å². The summed E-state index contributed by atoms with van der Waals surface area (Å²) in [6.07, 6.45) is 0.614. The molecule has 2 amide bonds. The molecule has 7 heteroatoms. The van der Waals surface area contributed by atoms with Crippen LogP contribution in [0.4, 0.5) is 0 Å². The zero-order chi connectivity index (χ0) is 13.3. The molecule has 0 radical (unpaired) electrons. The number of carbonyl (C=O) groups is 2. The fourth-order valence-electron chi connectivity index (χ4n) is 1.95. The van der Waals surface area contributed by atoms with E-state index in [1.54, 1.807) is 4.90 Å². The van der Waals surface area contributed by atoms with Crippen LogP contribution in [-0.4, -0.2) is 45.0 Å². The molecule has 3 N–H and O–H groups in total. The van der Waals surface area contributed by atoms with Gasteiger partial charge in [0.15, 0.2) is 0 Å². The first-order valence-corrected chi connectivity index (χ1v) is 6.00. The summed E-state index contributed by atoms with van der Waals surface area (Å²) < 4.78 is 0. The van der Waals surface area contributed by atoms with Gasteiger partial charge >= 0.3 is 0 Å². The van der Waals surface area contributed by atoms with Gasteiger partial charge in [-0.1, -0.05) is 13.8 Å². The average molecular weight is 251 g/mol. The van der Waals surface area contributed by atoms with Crippen molar-refractivity contribution in [2.24, 2.45) is 11.7 Å². The number of hydrogen-bond donors (Lipinski definition) is 2.